The molecule has 2 aromatic carbocycles. The largest absolute Gasteiger partial charge is 0.364 e. The molecule has 1 saturated heterocycles. The molecule has 1 fully saturated rings. The molecule has 2 atom stereocenters. The second kappa shape index (κ2) is 6.95. The van der Waals surface area contributed by atoms with Crippen molar-refractivity contribution in [2.24, 2.45) is 9.98 Å². The summed E-state index contributed by atoms with van der Waals surface area (Å²) in [5.74, 6) is 0. The van der Waals surface area contributed by atoms with Crippen LogP contribution >= 0.6 is 0 Å². The highest BCUT2D eigenvalue weighted by atomic mass is 16.5. The molecule has 0 N–H and O–H groups in total. The molecule has 3 heteroatoms. The van der Waals surface area contributed by atoms with Crippen molar-refractivity contribution >= 4 is 23.8 Å². The zero-order chi connectivity index (χ0) is 14.3. The Balaban J connectivity index is 1.54. The minimum absolute atomic E-state index is 0.0810. The third-order valence-electron chi connectivity index (χ3n) is 3.38. The van der Waals surface area contributed by atoms with Gasteiger partial charge in [0.1, 0.15) is 0 Å². The van der Waals surface area contributed by atoms with E-state index in [2.05, 4.69) is 9.98 Å². The lowest BCUT2D eigenvalue weighted by Gasteiger charge is -2.05. The number of nitrogens with zero attached hydrogens (tertiary/aromatic N) is 2. The van der Waals surface area contributed by atoms with Crippen LogP contribution in [0.1, 0.15) is 12.8 Å². The Labute approximate surface area is 125 Å². The maximum atomic E-state index is 5.91. The molecule has 3 nitrogen and oxygen atoms in total. The Kier molecular flexibility index (Phi) is 4.54. The van der Waals surface area contributed by atoms with Crippen molar-refractivity contribution in [2.45, 2.75) is 25.0 Å². The van der Waals surface area contributed by atoms with Gasteiger partial charge in [-0.2, -0.15) is 0 Å². The van der Waals surface area contributed by atoms with Crippen LogP contribution < -0.4 is 0 Å². The summed E-state index contributed by atoms with van der Waals surface area (Å²) in [7, 11) is 0. The van der Waals surface area contributed by atoms with Gasteiger partial charge in [0.2, 0.25) is 0 Å². The van der Waals surface area contributed by atoms with Crippen molar-refractivity contribution < 1.29 is 4.74 Å². The third kappa shape index (κ3) is 4.10. The number of para-hydroxylation sites is 2. The molecule has 0 aliphatic carbocycles. The molecule has 0 amide bonds. The normalized spacial score (nSPS) is 22.3. The van der Waals surface area contributed by atoms with Crippen molar-refractivity contribution in [3.05, 3.63) is 60.7 Å². The van der Waals surface area contributed by atoms with E-state index < -0.39 is 0 Å². The fourth-order valence-corrected chi connectivity index (χ4v) is 2.27. The minimum Gasteiger partial charge on any atom is -0.364 e. The Bertz CT molecular complexity index is 552. The third-order valence-corrected chi connectivity index (χ3v) is 3.38. The first-order valence-corrected chi connectivity index (χ1v) is 7.24. The highest BCUT2D eigenvalue weighted by Gasteiger charge is 2.22. The molecule has 21 heavy (non-hydrogen) atoms. The van der Waals surface area contributed by atoms with Gasteiger partial charge in [-0.25, -0.2) is 0 Å². The van der Waals surface area contributed by atoms with Gasteiger partial charge in [-0.05, 0) is 37.1 Å². The average Bonchev–Trinajstić information content (AvgIpc) is 3.01. The van der Waals surface area contributed by atoms with Gasteiger partial charge in [-0.15, -0.1) is 0 Å². The van der Waals surface area contributed by atoms with Crippen LogP contribution in [0, 0.1) is 0 Å². The Morgan fingerprint density at radius 2 is 1.14 bits per heavy atom. The highest BCUT2D eigenvalue weighted by Crippen LogP contribution is 2.20. The van der Waals surface area contributed by atoms with Gasteiger partial charge >= 0.3 is 0 Å². The van der Waals surface area contributed by atoms with Crippen LogP contribution in [0.15, 0.2) is 70.6 Å². The molecule has 0 bridgehead atoms. The summed E-state index contributed by atoms with van der Waals surface area (Å²) in [5, 5.41) is 0. The minimum atomic E-state index is 0.0810. The molecular weight excluding hydrogens is 260 g/mol. The van der Waals surface area contributed by atoms with E-state index >= 15 is 0 Å². The standard InChI is InChI=1S/C18H18N2O/c1-3-7-15(8-4-1)19-13-17-11-12-18(21-17)14-20-16-9-5-2-6-10-16/h1-10,13-14,17-18H,11-12H2/t17-,18+. The summed E-state index contributed by atoms with van der Waals surface area (Å²) in [6.45, 7) is 0. The van der Waals surface area contributed by atoms with E-state index in [1.165, 1.54) is 0 Å². The fraction of sp³-hybridized carbons (Fsp3) is 0.222. The molecule has 3 rings (SSSR count). The molecule has 0 unspecified atom stereocenters. The Morgan fingerprint density at radius 3 is 1.57 bits per heavy atom. The zero-order valence-corrected chi connectivity index (χ0v) is 11.8. The number of aliphatic imine (C=N–C) groups is 2. The lowest BCUT2D eigenvalue weighted by Crippen LogP contribution is -2.12. The Morgan fingerprint density at radius 1 is 0.714 bits per heavy atom. The molecule has 0 spiro atoms. The molecular formula is C18H18N2O. The van der Waals surface area contributed by atoms with E-state index in [-0.39, 0.29) is 12.2 Å². The number of rotatable bonds is 4. The lowest BCUT2D eigenvalue weighted by atomic mass is 10.2. The highest BCUT2D eigenvalue weighted by molar-refractivity contribution is 5.72. The molecule has 1 heterocycles. The van der Waals surface area contributed by atoms with E-state index in [1.54, 1.807) is 0 Å². The summed E-state index contributed by atoms with van der Waals surface area (Å²) in [4.78, 5) is 8.89. The average molecular weight is 278 g/mol. The van der Waals surface area contributed by atoms with E-state index in [1.807, 2.05) is 73.1 Å². The molecule has 1 aliphatic rings. The summed E-state index contributed by atoms with van der Waals surface area (Å²) in [5.41, 5.74) is 1.92. The monoisotopic (exact) mass is 278 g/mol. The van der Waals surface area contributed by atoms with Crippen LogP contribution in [0.25, 0.3) is 0 Å². The quantitative estimate of drug-likeness (QED) is 0.766. The van der Waals surface area contributed by atoms with E-state index in [4.69, 9.17) is 4.74 Å². The second-order valence-electron chi connectivity index (χ2n) is 5.02. The molecule has 0 saturated carbocycles. The molecule has 1 aliphatic heterocycles. The maximum Gasteiger partial charge on any atom is 0.0936 e. The van der Waals surface area contributed by atoms with Crippen LogP contribution in [-0.4, -0.2) is 24.6 Å². The van der Waals surface area contributed by atoms with Crippen molar-refractivity contribution in [1.82, 2.24) is 0 Å². The van der Waals surface area contributed by atoms with Gasteiger partial charge in [0.05, 0.1) is 23.6 Å². The topological polar surface area (TPSA) is 34.0 Å². The molecule has 2 aromatic rings. The zero-order valence-electron chi connectivity index (χ0n) is 11.8. The first-order chi connectivity index (χ1) is 10.4. The Hall–Kier alpha value is -2.26. The summed E-state index contributed by atoms with van der Waals surface area (Å²) in [6.07, 6.45) is 5.93. The van der Waals surface area contributed by atoms with Crippen molar-refractivity contribution in [3.63, 3.8) is 0 Å². The van der Waals surface area contributed by atoms with Crippen LogP contribution in [0.4, 0.5) is 11.4 Å². The van der Waals surface area contributed by atoms with Crippen LogP contribution in [0.5, 0.6) is 0 Å². The molecule has 0 radical (unpaired) electrons. The van der Waals surface area contributed by atoms with Crippen molar-refractivity contribution in [2.75, 3.05) is 0 Å². The van der Waals surface area contributed by atoms with Crippen LogP contribution in [0.2, 0.25) is 0 Å². The number of hydrogen-bond acceptors (Lipinski definition) is 3. The predicted octanol–water partition coefficient (Wildman–Crippen LogP) is 4.34. The fourth-order valence-electron chi connectivity index (χ4n) is 2.27. The van der Waals surface area contributed by atoms with Gasteiger partial charge < -0.3 is 4.74 Å². The van der Waals surface area contributed by atoms with E-state index in [0.717, 1.165) is 24.2 Å². The van der Waals surface area contributed by atoms with Gasteiger partial charge in [-0.3, -0.25) is 9.98 Å². The van der Waals surface area contributed by atoms with Crippen LogP contribution in [0.3, 0.4) is 0 Å². The number of benzene rings is 2. The first-order valence-electron chi connectivity index (χ1n) is 7.24. The predicted molar refractivity (Wildman–Crippen MR) is 87.1 cm³/mol. The van der Waals surface area contributed by atoms with Crippen molar-refractivity contribution in [3.8, 4) is 0 Å². The van der Waals surface area contributed by atoms with Crippen LogP contribution in [-0.2, 0) is 4.74 Å². The molecule has 106 valence electrons. The summed E-state index contributed by atoms with van der Waals surface area (Å²) >= 11 is 0. The van der Waals surface area contributed by atoms with Gasteiger partial charge in [-0.1, -0.05) is 36.4 Å². The summed E-state index contributed by atoms with van der Waals surface area (Å²) < 4.78 is 5.91. The number of ether oxygens (including phenoxy) is 1. The summed E-state index contributed by atoms with van der Waals surface area (Å²) in [6, 6.07) is 19.9. The first kappa shape index (κ1) is 13.7. The molecule has 0 aromatic heterocycles. The maximum absolute atomic E-state index is 5.91. The van der Waals surface area contributed by atoms with Gasteiger partial charge in [0.25, 0.3) is 0 Å². The van der Waals surface area contributed by atoms with E-state index in [9.17, 15) is 0 Å². The van der Waals surface area contributed by atoms with Gasteiger partial charge in [0, 0.05) is 12.4 Å². The number of hydrogen-bond donors (Lipinski definition) is 0. The second-order valence-corrected chi connectivity index (χ2v) is 5.02. The lowest BCUT2D eigenvalue weighted by molar-refractivity contribution is 0.129. The van der Waals surface area contributed by atoms with Gasteiger partial charge in [0.15, 0.2) is 0 Å². The SMILES string of the molecule is C(=Nc1ccccc1)[C@@H]1CC[C@H](C=Nc2ccccc2)O1. The van der Waals surface area contributed by atoms with Crippen molar-refractivity contribution in [1.29, 1.82) is 0 Å². The smallest absolute Gasteiger partial charge is 0.0936 e. The van der Waals surface area contributed by atoms with E-state index in [0.29, 0.717) is 0 Å².